The summed E-state index contributed by atoms with van der Waals surface area (Å²) in [5.74, 6) is -0.326. The third-order valence-electron chi connectivity index (χ3n) is 3.53. The van der Waals surface area contributed by atoms with Crippen molar-refractivity contribution in [1.29, 1.82) is 0 Å². The first-order valence-corrected chi connectivity index (χ1v) is 8.93. The number of hydrogen-bond donors (Lipinski definition) is 1. The van der Waals surface area contributed by atoms with Crippen molar-refractivity contribution in [2.24, 2.45) is 0 Å². The number of carbonyl (C=O) groups is 1. The highest BCUT2D eigenvalue weighted by molar-refractivity contribution is 7.13. The number of nitrogens with zero attached hydrogens (tertiary/aromatic N) is 4. The molecule has 0 spiro atoms. The molecule has 0 unspecified atom stereocenters. The van der Waals surface area contributed by atoms with Crippen LogP contribution in [0.5, 0.6) is 0 Å². The second-order valence-electron chi connectivity index (χ2n) is 5.20. The summed E-state index contributed by atoms with van der Waals surface area (Å²) in [6.45, 7) is -0.121. The number of nitrogens with one attached hydrogen (secondary N) is 1. The minimum absolute atomic E-state index is 0.121. The van der Waals surface area contributed by atoms with E-state index in [4.69, 9.17) is 0 Å². The number of hydrogen-bond acceptors (Lipinski definition) is 7. The highest BCUT2D eigenvalue weighted by Crippen LogP contribution is 2.22. The lowest BCUT2D eigenvalue weighted by molar-refractivity contribution is -0.116. The van der Waals surface area contributed by atoms with E-state index in [1.165, 1.54) is 28.3 Å². The normalized spacial score (nSPS) is 10.9. The van der Waals surface area contributed by atoms with Gasteiger partial charge in [0.25, 0.3) is 5.56 Å². The second kappa shape index (κ2) is 6.54. The van der Waals surface area contributed by atoms with E-state index in [-0.39, 0.29) is 18.0 Å². The average Bonchev–Trinajstić information content (AvgIpc) is 3.28. The molecule has 124 valence electrons. The molecule has 4 aromatic rings. The Kier molecular flexibility index (Phi) is 4.08. The van der Waals surface area contributed by atoms with Crippen LogP contribution in [0.3, 0.4) is 0 Å². The molecule has 0 atom stereocenters. The number of aromatic nitrogens is 4. The Labute approximate surface area is 149 Å². The maximum Gasteiger partial charge on any atom is 0.254 e. The van der Waals surface area contributed by atoms with Crippen LogP contribution in [0.25, 0.3) is 21.6 Å². The van der Waals surface area contributed by atoms with Gasteiger partial charge in [0.1, 0.15) is 17.6 Å². The predicted molar refractivity (Wildman–Crippen MR) is 97.9 cm³/mol. The molecule has 1 aromatic carbocycles. The van der Waals surface area contributed by atoms with Gasteiger partial charge in [0.05, 0.1) is 34.3 Å². The first-order chi connectivity index (χ1) is 12.2. The smallest absolute Gasteiger partial charge is 0.254 e. The number of carbonyl (C=O) groups excluding carboxylic acids is 1. The molecule has 1 N–H and O–H groups in total. The van der Waals surface area contributed by atoms with E-state index in [2.05, 4.69) is 19.0 Å². The summed E-state index contributed by atoms with van der Waals surface area (Å²) in [6, 6.07) is 10.6. The molecule has 0 aliphatic heterocycles. The Hall–Kier alpha value is -2.91. The number of thiophene rings is 1. The van der Waals surface area contributed by atoms with Crippen LogP contribution in [0.4, 0.5) is 5.69 Å². The fraction of sp³-hybridized carbons (Fsp3) is 0.0625. The second-order valence-corrected chi connectivity index (χ2v) is 6.68. The molecule has 3 heterocycles. The Morgan fingerprint density at radius 3 is 2.92 bits per heavy atom. The van der Waals surface area contributed by atoms with Crippen LogP contribution in [0.1, 0.15) is 0 Å². The fourth-order valence-electron chi connectivity index (χ4n) is 2.36. The van der Waals surface area contributed by atoms with Crippen molar-refractivity contribution in [3.63, 3.8) is 0 Å². The number of benzene rings is 1. The van der Waals surface area contributed by atoms with Gasteiger partial charge in [-0.2, -0.15) is 8.75 Å². The Morgan fingerprint density at radius 1 is 1.20 bits per heavy atom. The molecule has 0 radical (unpaired) electrons. The number of fused-ring (bicyclic) bond motifs is 1. The van der Waals surface area contributed by atoms with E-state index in [0.29, 0.717) is 16.9 Å². The van der Waals surface area contributed by atoms with E-state index in [1.54, 1.807) is 12.1 Å². The molecule has 0 aliphatic carbocycles. The molecule has 25 heavy (non-hydrogen) atoms. The van der Waals surface area contributed by atoms with Crippen LogP contribution in [0.15, 0.2) is 52.9 Å². The summed E-state index contributed by atoms with van der Waals surface area (Å²) in [6.07, 6.45) is 1.39. The minimum atomic E-state index is -0.326. The quantitative estimate of drug-likeness (QED) is 0.597. The zero-order valence-electron chi connectivity index (χ0n) is 12.7. The van der Waals surface area contributed by atoms with Crippen molar-refractivity contribution in [3.8, 4) is 10.6 Å². The van der Waals surface area contributed by atoms with Crippen LogP contribution < -0.4 is 10.9 Å². The van der Waals surface area contributed by atoms with Gasteiger partial charge in [-0.15, -0.1) is 11.3 Å². The van der Waals surface area contributed by atoms with Crippen molar-refractivity contribution >= 4 is 45.7 Å². The Balaban J connectivity index is 1.53. The van der Waals surface area contributed by atoms with E-state index in [1.807, 2.05) is 23.6 Å². The van der Waals surface area contributed by atoms with Crippen molar-refractivity contribution in [2.45, 2.75) is 6.54 Å². The average molecular weight is 369 g/mol. The monoisotopic (exact) mass is 369 g/mol. The topological polar surface area (TPSA) is 89.8 Å². The molecule has 0 saturated carbocycles. The van der Waals surface area contributed by atoms with Crippen molar-refractivity contribution in [1.82, 2.24) is 18.3 Å². The summed E-state index contributed by atoms with van der Waals surface area (Å²) in [4.78, 5) is 29.7. The third kappa shape index (κ3) is 3.19. The van der Waals surface area contributed by atoms with Crippen LogP contribution >= 0.6 is 23.1 Å². The van der Waals surface area contributed by atoms with Crippen molar-refractivity contribution in [3.05, 3.63) is 58.5 Å². The van der Waals surface area contributed by atoms with Crippen LogP contribution in [-0.4, -0.2) is 24.2 Å². The van der Waals surface area contributed by atoms with Gasteiger partial charge in [-0.25, -0.2) is 4.98 Å². The number of anilines is 1. The molecule has 4 rings (SSSR count). The number of rotatable bonds is 4. The first-order valence-electron chi connectivity index (χ1n) is 7.32. The Morgan fingerprint density at radius 2 is 2.12 bits per heavy atom. The molecular weight excluding hydrogens is 358 g/mol. The number of amides is 1. The summed E-state index contributed by atoms with van der Waals surface area (Å²) in [5.41, 5.74) is 2.27. The van der Waals surface area contributed by atoms with Gasteiger partial charge in [0.15, 0.2) is 0 Å². The van der Waals surface area contributed by atoms with Gasteiger partial charge in [0, 0.05) is 6.07 Å². The first kappa shape index (κ1) is 15.6. The maximum absolute atomic E-state index is 12.3. The molecular formula is C16H11N5O2S2. The van der Waals surface area contributed by atoms with Gasteiger partial charge < -0.3 is 5.32 Å². The van der Waals surface area contributed by atoms with Gasteiger partial charge in [-0.1, -0.05) is 12.1 Å². The molecule has 7 nitrogen and oxygen atoms in total. The van der Waals surface area contributed by atoms with Gasteiger partial charge in [-0.3, -0.25) is 14.2 Å². The SMILES string of the molecule is O=C(Cn1cnc(-c2cccs2)cc1=O)Nc1cccc2nsnc12. The standard InChI is InChI=1S/C16H11N5O2S2/c22-14(18-10-3-1-4-11-16(10)20-25-19-11)8-21-9-17-12(7-15(21)23)13-5-2-6-24-13/h1-7,9H,8H2,(H,18,22). The largest absolute Gasteiger partial charge is 0.323 e. The molecule has 1 amide bonds. The van der Waals surface area contributed by atoms with E-state index >= 15 is 0 Å². The molecule has 0 saturated heterocycles. The van der Waals surface area contributed by atoms with Gasteiger partial charge in [-0.05, 0) is 23.6 Å². The summed E-state index contributed by atoms with van der Waals surface area (Å²) in [5, 5.41) is 4.69. The lowest BCUT2D eigenvalue weighted by Crippen LogP contribution is -2.27. The highest BCUT2D eigenvalue weighted by atomic mass is 32.1. The third-order valence-corrected chi connectivity index (χ3v) is 4.96. The highest BCUT2D eigenvalue weighted by Gasteiger charge is 2.11. The zero-order valence-corrected chi connectivity index (χ0v) is 14.4. The lowest BCUT2D eigenvalue weighted by Gasteiger charge is -2.08. The molecule has 0 bridgehead atoms. The van der Waals surface area contributed by atoms with E-state index in [0.717, 1.165) is 22.1 Å². The summed E-state index contributed by atoms with van der Waals surface area (Å²) >= 11 is 2.59. The predicted octanol–water partition coefficient (Wildman–Crippen LogP) is 2.62. The zero-order chi connectivity index (χ0) is 17.2. The Bertz CT molecular complexity index is 1100. The molecule has 0 fully saturated rings. The van der Waals surface area contributed by atoms with Crippen molar-refractivity contribution < 1.29 is 4.79 Å². The molecule has 0 aliphatic rings. The van der Waals surface area contributed by atoms with Gasteiger partial charge >= 0.3 is 0 Å². The minimum Gasteiger partial charge on any atom is -0.323 e. The van der Waals surface area contributed by atoms with Crippen LogP contribution in [-0.2, 0) is 11.3 Å². The van der Waals surface area contributed by atoms with Gasteiger partial charge in [0.2, 0.25) is 5.91 Å². The van der Waals surface area contributed by atoms with E-state index in [9.17, 15) is 9.59 Å². The lowest BCUT2D eigenvalue weighted by atomic mass is 10.2. The fourth-order valence-corrected chi connectivity index (χ4v) is 3.60. The molecule has 9 heteroatoms. The van der Waals surface area contributed by atoms with Crippen LogP contribution in [0.2, 0.25) is 0 Å². The van der Waals surface area contributed by atoms with Crippen molar-refractivity contribution in [2.75, 3.05) is 5.32 Å². The van der Waals surface area contributed by atoms with E-state index < -0.39 is 0 Å². The van der Waals surface area contributed by atoms with Crippen LogP contribution in [0, 0.1) is 0 Å². The summed E-state index contributed by atoms with van der Waals surface area (Å²) in [7, 11) is 0. The maximum atomic E-state index is 12.3. The molecule has 3 aromatic heterocycles. The summed E-state index contributed by atoms with van der Waals surface area (Å²) < 4.78 is 9.58.